The number of ether oxygens (including phenoxy) is 1. The van der Waals surface area contributed by atoms with Crippen molar-refractivity contribution in [2.45, 2.75) is 38.5 Å². The van der Waals surface area contributed by atoms with E-state index in [9.17, 15) is 17.6 Å². The molecule has 0 aliphatic heterocycles. The van der Waals surface area contributed by atoms with Crippen molar-refractivity contribution in [3.63, 3.8) is 0 Å². The first-order valence-electron chi connectivity index (χ1n) is 9.34. The molecule has 2 rings (SSSR count). The molecular weight excluding hydrogens is 395 g/mol. The number of anilines is 1. The predicted molar refractivity (Wildman–Crippen MR) is 111 cm³/mol. The maximum absolute atomic E-state index is 13.7. The number of benzene rings is 2. The van der Waals surface area contributed by atoms with Gasteiger partial charge in [0.25, 0.3) is 0 Å². The van der Waals surface area contributed by atoms with Gasteiger partial charge < -0.3 is 10.1 Å². The van der Waals surface area contributed by atoms with Gasteiger partial charge in [-0.25, -0.2) is 12.8 Å². The van der Waals surface area contributed by atoms with E-state index < -0.39 is 28.3 Å². The van der Waals surface area contributed by atoms with Crippen LogP contribution in [0, 0.1) is 12.7 Å². The zero-order chi connectivity index (χ0) is 21.8. The van der Waals surface area contributed by atoms with E-state index in [4.69, 9.17) is 4.74 Å². The van der Waals surface area contributed by atoms with Crippen LogP contribution in [0.5, 0.6) is 5.75 Å². The lowest BCUT2D eigenvalue weighted by molar-refractivity contribution is -0.116. The van der Waals surface area contributed by atoms with Gasteiger partial charge in [-0.15, -0.1) is 0 Å². The van der Waals surface area contributed by atoms with Gasteiger partial charge in [-0.05, 0) is 42.2 Å². The van der Waals surface area contributed by atoms with Gasteiger partial charge in [0.15, 0.2) is 0 Å². The average Bonchev–Trinajstić information content (AvgIpc) is 2.67. The molecule has 0 aromatic heterocycles. The summed E-state index contributed by atoms with van der Waals surface area (Å²) in [5.41, 5.74) is 2.54. The van der Waals surface area contributed by atoms with Crippen molar-refractivity contribution in [2.75, 3.05) is 25.5 Å². The van der Waals surface area contributed by atoms with Gasteiger partial charge in [0.05, 0.1) is 13.7 Å². The Labute approximate surface area is 171 Å². The molecule has 0 atom stereocenters. The van der Waals surface area contributed by atoms with Crippen molar-refractivity contribution < 1.29 is 22.3 Å². The lowest BCUT2D eigenvalue weighted by atomic mass is 9.98. The Morgan fingerprint density at radius 2 is 1.93 bits per heavy atom. The summed E-state index contributed by atoms with van der Waals surface area (Å²) >= 11 is 0. The number of nitrogens with zero attached hydrogens (tertiary/aromatic N) is 1. The highest BCUT2D eigenvalue weighted by molar-refractivity contribution is 7.89. The highest BCUT2D eigenvalue weighted by atomic mass is 32.2. The molecule has 0 bridgehead atoms. The second-order valence-electron chi connectivity index (χ2n) is 6.97. The maximum atomic E-state index is 13.7. The highest BCUT2D eigenvalue weighted by Crippen LogP contribution is 2.29. The molecule has 0 unspecified atom stereocenters. The van der Waals surface area contributed by atoms with Gasteiger partial charge in [0.1, 0.15) is 16.5 Å². The second kappa shape index (κ2) is 9.37. The standard InChI is InChI=1S/C21H27FN2O4S/c1-6-24(29(26,27)19-12-16(22)10-11-18(19)28-5)13-20(25)23-21-15(4)8-7-9-17(21)14(2)3/h7-12,14H,6,13H2,1-5H3,(H,23,25). The fraction of sp³-hybridized carbons (Fsp3) is 0.381. The van der Waals surface area contributed by atoms with Crippen molar-refractivity contribution in [3.05, 3.63) is 53.3 Å². The van der Waals surface area contributed by atoms with Gasteiger partial charge in [0.2, 0.25) is 15.9 Å². The Kier molecular flexibility index (Phi) is 7.37. The SMILES string of the molecule is CCN(CC(=O)Nc1c(C)cccc1C(C)C)S(=O)(=O)c1cc(F)ccc1OC. The molecule has 0 radical (unpaired) electrons. The van der Waals surface area contributed by atoms with Gasteiger partial charge in [-0.3, -0.25) is 4.79 Å². The summed E-state index contributed by atoms with van der Waals surface area (Å²) < 4.78 is 45.8. The van der Waals surface area contributed by atoms with Crippen molar-refractivity contribution in [2.24, 2.45) is 0 Å². The van der Waals surface area contributed by atoms with E-state index in [1.807, 2.05) is 39.0 Å². The highest BCUT2D eigenvalue weighted by Gasteiger charge is 2.29. The zero-order valence-corrected chi connectivity index (χ0v) is 18.1. The van der Waals surface area contributed by atoms with Crippen LogP contribution in [0.4, 0.5) is 10.1 Å². The Hall–Kier alpha value is -2.45. The number of aryl methyl sites for hydroxylation is 1. The fourth-order valence-corrected chi connectivity index (χ4v) is 4.61. The molecule has 0 aliphatic carbocycles. The molecule has 8 heteroatoms. The predicted octanol–water partition coefficient (Wildman–Crippen LogP) is 3.92. The number of nitrogens with one attached hydrogen (secondary N) is 1. The first kappa shape index (κ1) is 22.8. The Balaban J connectivity index is 2.31. The molecule has 1 amide bonds. The molecule has 2 aromatic carbocycles. The summed E-state index contributed by atoms with van der Waals surface area (Å²) in [5.74, 6) is -0.965. The molecule has 0 aliphatic rings. The molecule has 0 fully saturated rings. The average molecular weight is 423 g/mol. The molecule has 158 valence electrons. The molecular formula is C21H27FN2O4S. The minimum absolute atomic E-state index is 0.0197. The molecule has 0 saturated carbocycles. The van der Waals surface area contributed by atoms with E-state index in [1.54, 1.807) is 6.92 Å². The minimum atomic E-state index is -4.13. The number of hydrogen-bond acceptors (Lipinski definition) is 4. The van der Waals surface area contributed by atoms with Crippen LogP contribution in [-0.2, 0) is 14.8 Å². The monoisotopic (exact) mass is 422 g/mol. The number of likely N-dealkylation sites (N-methyl/N-ethyl adjacent to an activating group) is 1. The number of halogens is 1. The van der Waals surface area contributed by atoms with Gasteiger partial charge in [-0.2, -0.15) is 4.31 Å². The van der Waals surface area contributed by atoms with E-state index in [2.05, 4.69) is 5.32 Å². The molecule has 1 N–H and O–H groups in total. The Morgan fingerprint density at radius 3 is 2.52 bits per heavy atom. The largest absolute Gasteiger partial charge is 0.495 e. The van der Waals surface area contributed by atoms with E-state index in [0.717, 1.165) is 27.6 Å². The number of sulfonamides is 1. The minimum Gasteiger partial charge on any atom is -0.495 e. The topological polar surface area (TPSA) is 75.7 Å². The van der Waals surface area contributed by atoms with Crippen molar-refractivity contribution >= 4 is 21.6 Å². The summed E-state index contributed by atoms with van der Waals surface area (Å²) in [5, 5.41) is 2.84. The van der Waals surface area contributed by atoms with Crippen LogP contribution in [-0.4, -0.2) is 38.8 Å². The lowest BCUT2D eigenvalue weighted by Gasteiger charge is -2.22. The molecule has 0 heterocycles. The summed E-state index contributed by atoms with van der Waals surface area (Å²) in [4.78, 5) is 12.4. The molecule has 0 saturated heterocycles. The molecule has 2 aromatic rings. The Morgan fingerprint density at radius 1 is 1.24 bits per heavy atom. The quantitative estimate of drug-likeness (QED) is 0.700. The van der Waals surface area contributed by atoms with Crippen molar-refractivity contribution in [1.82, 2.24) is 4.31 Å². The maximum Gasteiger partial charge on any atom is 0.247 e. The van der Waals surface area contributed by atoms with Crippen LogP contribution in [0.1, 0.15) is 37.8 Å². The van der Waals surface area contributed by atoms with Crippen molar-refractivity contribution in [1.29, 1.82) is 0 Å². The second-order valence-corrected chi connectivity index (χ2v) is 8.87. The normalized spacial score (nSPS) is 11.7. The summed E-state index contributed by atoms with van der Waals surface area (Å²) in [6.45, 7) is 7.18. The van der Waals surface area contributed by atoms with Crippen molar-refractivity contribution in [3.8, 4) is 5.75 Å². The van der Waals surface area contributed by atoms with E-state index in [1.165, 1.54) is 13.2 Å². The third-order valence-corrected chi connectivity index (χ3v) is 6.55. The van der Waals surface area contributed by atoms with Gasteiger partial charge in [-0.1, -0.05) is 39.0 Å². The summed E-state index contributed by atoms with van der Waals surface area (Å²) in [6, 6.07) is 8.99. The molecule has 29 heavy (non-hydrogen) atoms. The number of amides is 1. The van der Waals surface area contributed by atoms with E-state index >= 15 is 0 Å². The summed E-state index contributed by atoms with van der Waals surface area (Å²) in [7, 11) is -2.83. The number of carbonyl (C=O) groups is 1. The smallest absolute Gasteiger partial charge is 0.247 e. The number of carbonyl (C=O) groups excluding carboxylic acids is 1. The number of rotatable bonds is 8. The van der Waals surface area contributed by atoms with E-state index in [-0.39, 0.29) is 23.1 Å². The Bertz CT molecular complexity index is 990. The summed E-state index contributed by atoms with van der Waals surface area (Å²) in [6.07, 6.45) is 0. The van der Waals surface area contributed by atoms with Crippen LogP contribution in [0.15, 0.2) is 41.3 Å². The lowest BCUT2D eigenvalue weighted by Crippen LogP contribution is -2.38. The van der Waals surface area contributed by atoms with Crippen LogP contribution in [0.3, 0.4) is 0 Å². The fourth-order valence-electron chi connectivity index (χ4n) is 3.04. The first-order chi connectivity index (χ1) is 13.6. The third kappa shape index (κ3) is 5.13. The van der Waals surface area contributed by atoms with Crippen LogP contribution in [0.2, 0.25) is 0 Å². The number of methoxy groups -OCH3 is 1. The van der Waals surface area contributed by atoms with Crippen LogP contribution < -0.4 is 10.1 Å². The third-order valence-electron chi connectivity index (χ3n) is 4.61. The molecule has 6 nitrogen and oxygen atoms in total. The molecule has 0 spiro atoms. The zero-order valence-electron chi connectivity index (χ0n) is 17.3. The number of para-hydroxylation sites is 1. The van der Waals surface area contributed by atoms with Gasteiger partial charge >= 0.3 is 0 Å². The van der Waals surface area contributed by atoms with Crippen LogP contribution in [0.25, 0.3) is 0 Å². The number of hydrogen-bond donors (Lipinski definition) is 1. The first-order valence-corrected chi connectivity index (χ1v) is 10.8. The van der Waals surface area contributed by atoms with E-state index in [0.29, 0.717) is 5.69 Å². The van der Waals surface area contributed by atoms with Crippen LogP contribution >= 0.6 is 0 Å². The van der Waals surface area contributed by atoms with Gasteiger partial charge in [0, 0.05) is 12.2 Å².